The van der Waals surface area contributed by atoms with Gasteiger partial charge in [-0.05, 0) is 19.1 Å². The van der Waals surface area contributed by atoms with Crippen LogP contribution in [-0.2, 0) is 21.2 Å². The quantitative estimate of drug-likeness (QED) is 0.771. The minimum atomic E-state index is -3.26. The van der Waals surface area contributed by atoms with E-state index < -0.39 is 15.6 Å². The van der Waals surface area contributed by atoms with Gasteiger partial charge in [0.05, 0.1) is 6.04 Å². The Morgan fingerprint density at radius 3 is 2.82 bits per heavy atom. The van der Waals surface area contributed by atoms with Crippen LogP contribution in [0, 0.1) is 0 Å². The molecule has 1 aliphatic rings. The first kappa shape index (κ1) is 12.2. The van der Waals surface area contributed by atoms with Crippen molar-refractivity contribution in [2.45, 2.75) is 19.5 Å². The smallest absolute Gasteiger partial charge is 0.238 e. The van der Waals surface area contributed by atoms with Crippen LogP contribution in [0.3, 0.4) is 0 Å². The molecule has 1 aromatic rings. The van der Waals surface area contributed by atoms with Gasteiger partial charge in [-0.3, -0.25) is 4.79 Å². The molecule has 2 heterocycles. The Bertz CT molecular complexity index is 533. The second-order valence-corrected chi connectivity index (χ2v) is 6.60. The van der Waals surface area contributed by atoms with E-state index >= 15 is 0 Å². The van der Waals surface area contributed by atoms with Gasteiger partial charge in [-0.25, -0.2) is 8.42 Å². The molecule has 17 heavy (non-hydrogen) atoms. The van der Waals surface area contributed by atoms with Crippen LogP contribution in [-0.4, -0.2) is 42.3 Å². The second-order valence-electron chi connectivity index (χ2n) is 4.46. The fourth-order valence-electron chi connectivity index (χ4n) is 2.23. The molecule has 1 amide bonds. The number of rotatable bonds is 2. The van der Waals surface area contributed by atoms with E-state index in [0.717, 1.165) is 18.5 Å². The molecular formula is C11H16N2O3S. The number of hydrogen-bond donors (Lipinski definition) is 0. The first-order chi connectivity index (χ1) is 7.88. The van der Waals surface area contributed by atoms with Crippen LogP contribution in [0.2, 0.25) is 0 Å². The van der Waals surface area contributed by atoms with Crippen LogP contribution in [0.25, 0.3) is 0 Å². The molecule has 0 spiro atoms. The lowest BCUT2D eigenvalue weighted by molar-refractivity contribution is -0.131. The largest absolute Gasteiger partial charge is 0.348 e. The standard InChI is InChI=1S/C11H16N2O3S/c1-9-10-4-3-5-12(10)6-7-13(9)11(14)8-17(2,15)16/h3-5,9H,6-8H2,1-2H3. The summed E-state index contributed by atoms with van der Waals surface area (Å²) < 4.78 is 24.4. The summed E-state index contributed by atoms with van der Waals surface area (Å²) in [7, 11) is -3.26. The van der Waals surface area contributed by atoms with Gasteiger partial charge in [0.1, 0.15) is 5.75 Å². The summed E-state index contributed by atoms with van der Waals surface area (Å²) in [4.78, 5) is 13.5. The zero-order valence-corrected chi connectivity index (χ0v) is 10.8. The summed E-state index contributed by atoms with van der Waals surface area (Å²) in [5.41, 5.74) is 1.05. The molecule has 0 saturated heterocycles. The first-order valence-electron chi connectivity index (χ1n) is 5.51. The predicted molar refractivity (Wildman–Crippen MR) is 64.3 cm³/mol. The Kier molecular flexibility index (Phi) is 2.99. The number of carbonyl (C=O) groups excluding carboxylic acids is 1. The molecule has 0 aliphatic carbocycles. The van der Waals surface area contributed by atoms with E-state index in [1.807, 2.05) is 25.3 Å². The molecule has 2 rings (SSSR count). The zero-order chi connectivity index (χ0) is 12.6. The van der Waals surface area contributed by atoms with Crippen molar-refractivity contribution in [2.24, 2.45) is 0 Å². The summed E-state index contributed by atoms with van der Waals surface area (Å²) in [5.74, 6) is -0.717. The third kappa shape index (κ3) is 2.52. The van der Waals surface area contributed by atoms with Crippen LogP contribution in [0.5, 0.6) is 0 Å². The van der Waals surface area contributed by atoms with Crippen molar-refractivity contribution in [3.8, 4) is 0 Å². The van der Waals surface area contributed by atoms with Crippen molar-refractivity contribution in [3.05, 3.63) is 24.0 Å². The van der Waals surface area contributed by atoms with Crippen molar-refractivity contribution >= 4 is 15.7 Å². The molecule has 0 saturated carbocycles. The molecular weight excluding hydrogens is 240 g/mol. The average Bonchev–Trinajstić information content (AvgIpc) is 2.63. The molecule has 0 bridgehead atoms. The van der Waals surface area contributed by atoms with Gasteiger partial charge in [0.15, 0.2) is 9.84 Å². The lowest BCUT2D eigenvalue weighted by Gasteiger charge is -2.34. The van der Waals surface area contributed by atoms with E-state index in [4.69, 9.17) is 0 Å². The summed E-state index contributed by atoms with van der Waals surface area (Å²) in [6.07, 6.45) is 3.06. The Morgan fingerprint density at radius 2 is 2.18 bits per heavy atom. The fraction of sp³-hybridized carbons (Fsp3) is 0.545. The van der Waals surface area contributed by atoms with E-state index in [-0.39, 0.29) is 11.9 Å². The minimum absolute atomic E-state index is 0.0620. The number of hydrogen-bond acceptors (Lipinski definition) is 3. The minimum Gasteiger partial charge on any atom is -0.348 e. The maximum Gasteiger partial charge on any atom is 0.238 e. The molecule has 94 valence electrons. The average molecular weight is 256 g/mol. The van der Waals surface area contributed by atoms with Crippen molar-refractivity contribution in [3.63, 3.8) is 0 Å². The van der Waals surface area contributed by atoms with E-state index in [1.165, 1.54) is 0 Å². The highest BCUT2D eigenvalue weighted by Crippen LogP contribution is 2.25. The highest BCUT2D eigenvalue weighted by molar-refractivity contribution is 7.91. The summed E-state index contributed by atoms with van der Waals surface area (Å²) in [6, 6.07) is 3.84. The normalized spacial score (nSPS) is 20.1. The number of sulfone groups is 1. The molecule has 1 aromatic heterocycles. The number of nitrogens with zero attached hydrogens (tertiary/aromatic N) is 2. The zero-order valence-electron chi connectivity index (χ0n) is 9.96. The van der Waals surface area contributed by atoms with Gasteiger partial charge < -0.3 is 9.47 Å². The van der Waals surface area contributed by atoms with E-state index in [2.05, 4.69) is 4.57 Å². The van der Waals surface area contributed by atoms with Gasteiger partial charge >= 0.3 is 0 Å². The van der Waals surface area contributed by atoms with Crippen LogP contribution >= 0.6 is 0 Å². The third-order valence-electron chi connectivity index (χ3n) is 3.05. The molecule has 0 radical (unpaired) electrons. The van der Waals surface area contributed by atoms with Gasteiger partial charge in [-0.15, -0.1) is 0 Å². The Morgan fingerprint density at radius 1 is 1.47 bits per heavy atom. The van der Waals surface area contributed by atoms with Crippen molar-refractivity contribution in [1.29, 1.82) is 0 Å². The topological polar surface area (TPSA) is 59.4 Å². The molecule has 0 aromatic carbocycles. The fourth-order valence-corrected chi connectivity index (χ4v) is 2.84. The maximum atomic E-state index is 11.9. The molecule has 0 fully saturated rings. The molecule has 1 atom stereocenters. The Balaban J connectivity index is 2.18. The van der Waals surface area contributed by atoms with Gasteiger partial charge in [0.2, 0.25) is 5.91 Å². The van der Waals surface area contributed by atoms with Crippen molar-refractivity contribution in [2.75, 3.05) is 18.6 Å². The van der Waals surface area contributed by atoms with Gasteiger partial charge in [0, 0.05) is 31.2 Å². The molecule has 6 heteroatoms. The monoisotopic (exact) mass is 256 g/mol. The first-order valence-corrected chi connectivity index (χ1v) is 7.57. The lowest BCUT2D eigenvalue weighted by atomic mass is 10.1. The molecule has 5 nitrogen and oxygen atoms in total. The molecule has 1 unspecified atom stereocenters. The van der Waals surface area contributed by atoms with Gasteiger partial charge in [-0.1, -0.05) is 0 Å². The van der Waals surface area contributed by atoms with Crippen molar-refractivity contribution < 1.29 is 13.2 Å². The maximum absolute atomic E-state index is 11.9. The van der Waals surface area contributed by atoms with E-state index in [1.54, 1.807) is 4.90 Å². The number of fused-ring (bicyclic) bond motifs is 1. The van der Waals surface area contributed by atoms with E-state index in [0.29, 0.717) is 6.54 Å². The number of aromatic nitrogens is 1. The van der Waals surface area contributed by atoms with Crippen LogP contribution in [0.1, 0.15) is 18.7 Å². The van der Waals surface area contributed by atoms with E-state index in [9.17, 15) is 13.2 Å². The van der Waals surface area contributed by atoms with Gasteiger partial charge in [-0.2, -0.15) is 0 Å². The highest BCUT2D eigenvalue weighted by atomic mass is 32.2. The Labute approximate surface area is 101 Å². The predicted octanol–water partition coefficient (Wildman–Crippen LogP) is 0.436. The number of carbonyl (C=O) groups is 1. The lowest BCUT2D eigenvalue weighted by Crippen LogP contribution is -2.43. The van der Waals surface area contributed by atoms with Gasteiger partial charge in [0.25, 0.3) is 0 Å². The van der Waals surface area contributed by atoms with Crippen LogP contribution in [0.15, 0.2) is 18.3 Å². The van der Waals surface area contributed by atoms with Crippen molar-refractivity contribution in [1.82, 2.24) is 9.47 Å². The molecule has 1 aliphatic heterocycles. The molecule has 0 N–H and O–H groups in total. The van der Waals surface area contributed by atoms with Crippen LogP contribution < -0.4 is 0 Å². The highest BCUT2D eigenvalue weighted by Gasteiger charge is 2.28. The SMILES string of the molecule is CC1c2cccn2CCN1C(=O)CS(C)(=O)=O. The summed E-state index contributed by atoms with van der Waals surface area (Å²) in [6.45, 7) is 3.21. The second kappa shape index (κ2) is 4.18. The summed E-state index contributed by atoms with van der Waals surface area (Å²) >= 11 is 0. The third-order valence-corrected chi connectivity index (χ3v) is 3.82. The number of amides is 1. The summed E-state index contributed by atoms with van der Waals surface area (Å²) in [5, 5.41) is 0. The van der Waals surface area contributed by atoms with Crippen LogP contribution in [0.4, 0.5) is 0 Å². The Hall–Kier alpha value is -1.30.